The summed E-state index contributed by atoms with van der Waals surface area (Å²) < 4.78 is 43.3. The van der Waals surface area contributed by atoms with Crippen LogP contribution in [0.4, 0.5) is 0 Å². The molecule has 4 heterocycles. The molecule has 2 aliphatic rings. The average molecular weight is 637 g/mol. The molecule has 0 saturated carbocycles. The minimum atomic E-state index is -4.06. The zero-order chi connectivity index (χ0) is 31.2. The van der Waals surface area contributed by atoms with Crippen LogP contribution in [0.2, 0.25) is 0 Å². The maximum atomic E-state index is 14.0. The monoisotopic (exact) mass is 636 g/mol. The van der Waals surface area contributed by atoms with Gasteiger partial charge in [-0.25, -0.2) is 13.1 Å². The lowest BCUT2D eigenvalue weighted by Crippen LogP contribution is -2.50. The van der Waals surface area contributed by atoms with Crippen LogP contribution in [0, 0.1) is 6.92 Å². The van der Waals surface area contributed by atoms with E-state index in [0.717, 1.165) is 32.2 Å². The number of thiophene rings is 1. The molecule has 2 unspecified atom stereocenters. The molecule has 4 aromatic rings. The Morgan fingerprint density at radius 1 is 1.23 bits per heavy atom. The number of nitrogens with one attached hydrogen (secondary N) is 1. The number of carbonyl (C=O) groups is 1. The number of rotatable bonds is 9. The van der Waals surface area contributed by atoms with Crippen LogP contribution < -0.4 is 14.8 Å². The van der Waals surface area contributed by atoms with Gasteiger partial charge >= 0.3 is 0 Å². The first-order valence-corrected chi connectivity index (χ1v) is 16.8. The van der Waals surface area contributed by atoms with Gasteiger partial charge in [0.25, 0.3) is 10.0 Å². The second-order valence-electron chi connectivity index (χ2n) is 11.5. The maximum Gasteiger partial charge on any atom is 0.274 e. The van der Waals surface area contributed by atoms with Crippen molar-refractivity contribution in [1.29, 1.82) is 0 Å². The molecule has 2 atom stereocenters. The Labute approximate surface area is 261 Å². The first kappa shape index (κ1) is 30.1. The molecule has 11 nitrogen and oxygen atoms in total. The quantitative estimate of drug-likeness (QED) is 0.290. The van der Waals surface area contributed by atoms with Crippen LogP contribution in [-0.4, -0.2) is 71.4 Å². The van der Waals surface area contributed by atoms with Crippen LogP contribution in [0.5, 0.6) is 11.5 Å². The highest BCUT2D eigenvalue weighted by atomic mass is 32.2. The number of hydrogen-bond acceptors (Lipinski definition) is 9. The molecular weight excluding hydrogens is 601 g/mol. The number of carbonyl (C=O) groups excluding carboxylic acids is 1. The van der Waals surface area contributed by atoms with Crippen LogP contribution in [0.3, 0.4) is 0 Å². The average Bonchev–Trinajstić information content (AvgIpc) is 3.61. The van der Waals surface area contributed by atoms with Crippen molar-refractivity contribution in [3.05, 3.63) is 77.4 Å². The van der Waals surface area contributed by atoms with E-state index in [2.05, 4.69) is 59.6 Å². The zero-order valence-corrected chi connectivity index (χ0v) is 27.0. The Kier molecular flexibility index (Phi) is 8.12. The van der Waals surface area contributed by atoms with E-state index in [9.17, 15) is 13.2 Å². The Morgan fingerprint density at radius 3 is 2.82 bits per heavy atom. The highest BCUT2D eigenvalue weighted by Gasteiger charge is 2.38. The molecule has 0 fully saturated rings. The number of amides is 1. The molecule has 44 heavy (non-hydrogen) atoms. The number of nitrogens with zero attached hydrogens (tertiary/aromatic N) is 5. The maximum absolute atomic E-state index is 14.0. The fraction of sp³-hybridized carbons (Fsp3) is 0.387. The standard InChI is InChI=1S/C31H36N6O5S2/c1-19(2)35(4)17-21-6-8-24-26(10-13-42-28(24)14-21)36-18-22(33-34-36)15-27-30(38)32-11-12-37(27)44(39,40)31-20(3)25-16-23(41-5)7-9-29(25)43-31/h6-9,11-12,14,16,18-19,26-27H,10,13,15,17H2,1-5H3,(H,32,38). The molecule has 0 bridgehead atoms. The summed E-state index contributed by atoms with van der Waals surface area (Å²) in [7, 11) is -0.390. The van der Waals surface area contributed by atoms with E-state index in [1.54, 1.807) is 31.0 Å². The van der Waals surface area contributed by atoms with Gasteiger partial charge < -0.3 is 14.8 Å². The number of aryl methyl sites for hydroxylation is 1. The fourth-order valence-corrected chi connectivity index (χ4v) is 8.89. The summed E-state index contributed by atoms with van der Waals surface area (Å²) in [6.07, 6.45) is 5.33. The molecule has 2 aromatic heterocycles. The summed E-state index contributed by atoms with van der Waals surface area (Å²) in [5.74, 6) is 1.05. The molecule has 2 aromatic carbocycles. The second kappa shape index (κ2) is 11.9. The van der Waals surface area contributed by atoms with Gasteiger partial charge in [0.1, 0.15) is 21.8 Å². The van der Waals surface area contributed by atoms with Gasteiger partial charge in [-0.05, 0) is 63.2 Å². The third-order valence-electron chi connectivity index (χ3n) is 8.35. The van der Waals surface area contributed by atoms with Gasteiger partial charge in [0.2, 0.25) is 5.91 Å². The van der Waals surface area contributed by atoms with Gasteiger partial charge in [0.05, 0.1) is 25.5 Å². The van der Waals surface area contributed by atoms with Crippen LogP contribution in [-0.2, 0) is 27.8 Å². The Morgan fingerprint density at radius 2 is 2.05 bits per heavy atom. The summed E-state index contributed by atoms with van der Waals surface area (Å²) in [5.41, 5.74) is 3.32. The van der Waals surface area contributed by atoms with E-state index < -0.39 is 22.0 Å². The lowest BCUT2D eigenvalue weighted by Gasteiger charge is -2.30. The summed E-state index contributed by atoms with van der Waals surface area (Å²) >= 11 is 1.18. The van der Waals surface area contributed by atoms with Crippen molar-refractivity contribution < 1.29 is 22.7 Å². The largest absolute Gasteiger partial charge is 0.497 e. The molecule has 2 aliphatic heterocycles. The van der Waals surface area contributed by atoms with Crippen molar-refractivity contribution in [1.82, 2.24) is 29.5 Å². The lowest BCUT2D eigenvalue weighted by atomic mass is 9.98. The SMILES string of the molecule is COc1ccc2sc(S(=O)(=O)N3C=CNC(=O)C3Cc3cn(C4CCOc5cc(CN(C)C(C)C)ccc54)nn3)c(C)c2c1. The Balaban J connectivity index is 1.25. The molecule has 0 aliphatic carbocycles. The number of ether oxygens (including phenoxy) is 2. The van der Waals surface area contributed by atoms with Crippen molar-refractivity contribution in [3.8, 4) is 11.5 Å². The van der Waals surface area contributed by atoms with E-state index >= 15 is 0 Å². The van der Waals surface area contributed by atoms with Gasteiger partial charge in [-0.2, -0.15) is 0 Å². The number of hydrogen-bond donors (Lipinski definition) is 1. The van der Waals surface area contributed by atoms with Gasteiger partial charge in [-0.3, -0.25) is 14.0 Å². The van der Waals surface area contributed by atoms with E-state index in [0.29, 0.717) is 36.1 Å². The molecule has 1 N–H and O–H groups in total. The summed E-state index contributed by atoms with van der Waals surface area (Å²) in [5, 5.41) is 12.2. The first-order chi connectivity index (χ1) is 21.1. The van der Waals surface area contributed by atoms with Crippen molar-refractivity contribution in [3.63, 3.8) is 0 Å². The molecule has 0 saturated heterocycles. The topological polar surface area (TPSA) is 119 Å². The molecule has 13 heteroatoms. The highest BCUT2D eigenvalue weighted by molar-refractivity contribution is 7.91. The number of aromatic nitrogens is 3. The van der Waals surface area contributed by atoms with Crippen molar-refractivity contribution in [2.24, 2.45) is 0 Å². The van der Waals surface area contributed by atoms with Crippen molar-refractivity contribution in [2.75, 3.05) is 20.8 Å². The molecule has 0 spiro atoms. The zero-order valence-electron chi connectivity index (χ0n) is 25.4. The van der Waals surface area contributed by atoms with Crippen LogP contribution in [0.1, 0.15) is 48.7 Å². The third kappa shape index (κ3) is 5.55. The number of sulfonamides is 1. The molecule has 1 amide bonds. The smallest absolute Gasteiger partial charge is 0.274 e. The number of methoxy groups -OCH3 is 1. The lowest BCUT2D eigenvalue weighted by molar-refractivity contribution is -0.124. The summed E-state index contributed by atoms with van der Waals surface area (Å²) in [4.78, 5) is 15.4. The fourth-order valence-electron chi connectivity index (χ4n) is 5.60. The van der Waals surface area contributed by atoms with Crippen LogP contribution in [0.15, 0.2) is 59.2 Å². The van der Waals surface area contributed by atoms with Gasteiger partial charge in [0, 0.05) is 59.7 Å². The van der Waals surface area contributed by atoms with Crippen molar-refractivity contribution >= 4 is 37.4 Å². The van der Waals surface area contributed by atoms with E-state index in [1.807, 2.05) is 12.1 Å². The van der Waals surface area contributed by atoms with Crippen LogP contribution >= 0.6 is 11.3 Å². The Hall–Kier alpha value is -3.94. The summed E-state index contributed by atoms with van der Waals surface area (Å²) in [6.45, 7) is 7.46. The Bertz CT molecular complexity index is 1850. The van der Waals surface area contributed by atoms with Gasteiger partial charge in [-0.1, -0.05) is 17.3 Å². The minimum absolute atomic E-state index is 0.0592. The summed E-state index contributed by atoms with van der Waals surface area (Å²) in [6, 6.07) is 11.1. The first-order valence-electron chi connectivity index (χ1n) is 14.5. The van der Waals surface area contributed by atoms with E-state index in [4.69, 9.17) is 9.47 Å². The predicted octanol–water partition coefficient (Wildman–Crippen LogP) is 4.22. The second-order valence-corrected chi connectivity index (χ2v) is 14.6. The normalized spacial score (nSPS) is 18.5. The molecular formula is C31H36N6O5S2. The van der Waals surface area contributed by atoms with Gasteiger partial charge in [-0.15, -0.1) is 16.4 Å². The van der Waals surface area contributed by atoms with Gasteiger partial charge in [0.15, 0.2) is 0 Å². The minimum Gasteiger partial charge on any atom is -0.497 e. The number of benzene rings is 2. The van der Waals surface area contributed by atoms with E-state index in [1.165, 1.54) is 29.3 Å². The van der Waals surface area contributed by atoms with Crippen molar-refractivity contribution in [2.45, 2.75) is 62.5 Å². The molecule has 232 valence electrons. The number of fused-ring (bicyclic) bond motifs is 2. The van der Waals surface area contributed by atoms with E-state index in [-0.39, 0.29) is 16.7 Å². The molecule has 6 rings (SSSR count). The van der Waals surface area contributed by atoms with Crippen LogP contribution in [0.25, 0.3) is 10.1 Å². The predicted molar refractivity (Wildman–Crippen MR) is 168 cm³/mol. The highest BCUT2D eigenvalue weighted by Crippen LogP contribution is 2.39. The third-order valence-corrected chi connectivity index (χ3v) is 12.0. The molecule has 0 radical (unpaired) electrons.